The zero-order valence-electron chi connectivity index (χ0n) is 27.2. The van der Waals surface area contributed by atoms with Gasteiger partial charge in [-0.3, -0.25) is 19.2 Å². The monoisotopic (exact) mass is 684 g/mol. The Morgan fingerprint density at radius 2 is 1.72 bits per heavy atom. The van der Waals surface area contributed by atoms with Gasteiger partial charge < -0.3 is 30.4 Å². The predicted octanol–water partition coefficient (Wildman–Crippen LogP) is 6.00. The molecule has 1 aliphatic heterocycles. The standard InChI is InChI=1S/C35H42Cl2N4O6/c1-6-23-13-11-19(2)15-20(3)33(44)38-21(4)35(46)41(5)29(17-25-24-9-7-8-10-27(24)39-32(25)37)34(45)40-28(18-31(43)47-23)22-12-14-30(42)26(36)16-22/h7-12,14,16,20-21,23,28-29,39,42H,6,13,15,17-18H2,1-5H3,(H,38,44)(H,40,45)/b19-11+/t20-,21-,23+,28+,29?/m0/s1. The molecule has 0 saturated carbocycles. The number of aromatic nitrogens is 1. The van der Waals surface area contributed by atoms with E-state index >= 15 is 0 Å². The fourth-order valence-corrected chi connectivity index (χ4v) is 6.26. The van der Waals surface area contributed by atoms with Crippen molar-refractivity contribution in [2.24, 2.45) is 5.92 Å². The molecule has 0 fully saturated rings. The number of ether oxygens (including phenoxy) is 1. The molecule has 0 bridgehead atoms. The second-order valence-corrected chi connectivity index (χ2v) is 13.0. The third-order valence-corrected chi connectivity index (χ3v) is 9.25. The van der Waals surface area contributed by atoms with Crippen LogP contribution in [0, 0.1) is 5.92 Å². The lowest BCUT2D eigenvalue weighted by Crippen LogP contribution is -2.55. The SMILES string of the molecule is CC[C@@H]1C/C=C(\C)C[C@H](C)C(=O)N[C@@H](C)C(=O)N(C)C(Cc2c(Cl)[nH]c3ccccc23)C(=O)N[C@@H](c2ccc(O)c(Cl)c2)CC(=O)O1. The molecule has 252 valence electrons. The Hall–Kier alpha value is -4.02. The molecule has 0 saturated heterocycles. The number of hydrogen-bond donors (Lipinski definition) is 4. The topological polar surface area (TPSA) is 141 Å². The van der Waals surface area contributed by atoms with Crippen molar-refractivity contribution in [2.45, 2.75) is 84.0 Å². The first kappa shape index (κ1) is 35.8. The van der Waals surface area contributed by atoms with E-state index < -0.39 is 47.9 Å². The highest BCUT2D eigenvalue weighted by Crippen LogP contribution is 2.31. The highest BCUT2D eigenvalue weighted by Gasteiger charge is 2.34. The van der Waals surface area contributed by atoms with Gasteiger partial charge >= 0.3 is 5.97 Å². The van der Waals surface area contributed by atoms with E-state index in [0.717, 1.165) is 16.5 Å². The summed E-state index contributed by atoms with van der Waals surface area (Å²) >= 11 is 12.9. The van der Waals surface area contributed by atoms with Crippen LogP contribution in [-0.2, 0) is 30.3 Å². The Kier molecular flexibility index (Phi) is 12.0. The van der Waals surface area contributed by atoms with Gasteiger partial charge in [0.2, 0.25) is 17.7 Å². The average molecular weight is 686 g/mol. The number of H-pyrrole nitrogens is 1. The molecule has 0 aliphatic carbocycles. The number of phenols is 1. The second kappa shape index (κ2) is 15.7. The molecule has 0 spiro atoms. The number of halogens is 2. The number of para-hydroxylation sites is 1. The zero-order valence-corrected chi connectivity index (χ0v) is 28.7. The van der Waals surface area contributed by atoms with E-state index in [9.17, 15) is 24.3 Å². The average Bonchev–Trinajstić information content (AvgIpc) is 3.35. The van der Waals surface area contributed by atoms with Crippen molar-refractivity contribution in [3.05, 3.63) is 75.4 Å². The van der Waals surface area contributed by atoms with Gasteiger partial charge in [0.05, 0.1) is 17.5 Å². The molecule has 3 aromatic rings. The number of allylic oxidation sites excluding steroid dienone is 1. The Bertz CT molecular complexity index is 1670. The van der Waals surface area contributed by atoms with Crippen LogP contribution < -0.4 is 10.6 Å². The van der Waals surface area contributed by atoms with Crippen LogP contribution in [0.5, 0.6) is 5.75 Å². The number of carbonyl (C=O) groups is 4. The summed E-state index contributed by atoms with van der Waals surface area (Å²) in [5.74, 6) is -2.46. The fourth-order valence-electron chi connectivity index (χ4n) is 5.79. The molecule has 2 aromatic carbocycles. The summed E-state index contributed by atoms with van der Waals surface area (Å²) in [4.78, 5) is 58.9. The quantitative estimate of drug-likeness (QED) is 0.196. The van der Waals surface area contributed by atoms with Gasteiger partial charge in [-0.05, 0) is 56.0 Å². The number of aromatic amines is 1. The van der Waals surface area contributed by atoms with E-state index in [0.29, 0.717) is 35.5 Å². The van der Waals surface area contributed by atoms with Gasteiger partial charge in [0.15, 0.2) is 0 Å². The van der Waals surface area contributed by atoms with E-state index in [2.05, 4.69) is 15.6 Å². The van der Waals surface area contributed by atoms with E-state index in [1.165, 1.54) is 24.1 Å². The molecule has 1 aliphatic rings. The molecule has 10 nitrogen and oxygen atoms in total. The van der Waals surface area contributed by atoms with Crippen LogP contribution in [0.3, 0.4) is 0 Å². The third-order valence-electron chi connectivity index (χ3n) is 8.63. The number of benzene rings is 2. The van der Waals surface area contributed by atoms with Crippen molar-refractivity contribution in [1.82, 2.24) is 20.5 Å². The maximum Gasteiger partial charge on any atom is 0.308 e. The zero-order chi connectivity index (χ0) is 34.4. The highest BCUT2D eigenvalue weighted by molar-refractivity contribution is 6.32. The second-order valence-electron chi connectivity index (χ2n) is 12.3. The molecule has 4 rings (SSSR count). The minimum Gasteiger partial charge on any atom is -0.506 e. The molecule has 0 radical (unpaired) electrons. The minimum absolute atomic E-state index is 0.0311. The van der Waals surface area contributed by atoms with E-state index in [-0.39, 0.29) is 29.5 Å². The van der Waals surface area contributed by atoms with Crippen LogP contribution in [0.25, 0.3) is 10.9 Å². The number of fused-ring (bicyclic) bond motifs is 1. The Morgan fingerprint density at radius 1 is 1.00 bits per heavy atom. The number of nitrogens with zero attached hydrogens (tertiary/aromatic N) is 1. The Morgan fingerprint density at radius 3 is 2.43 bits per heavy atom. The summed E-state index contributed by atoms with van der Waals surface area (Å²) in [5, 5.41) is 17.0. The number of nitrogens with one attached hydrogen (secondary N) is 3. The summed E-state index contributed by atoms with van der Waals surface area (Å²) in [6.45, 7) is 7.20. The van der Waals surface area contributed by atoms with Crippen LogP contribution in [-0.4, -0.2) is 63.9 Å². The van der Waals surface area contributed by atoms with Crippen LogP contribution >= 0.6 is 23.2 Å². The van der Waals surface area contributed by atoms with Crippen molar-refractivity contribution in [3.63, 3.8) is 0 Å². The largest absolute Gasteiger partial charge is 0.506 e. The number of hydrogen-bond acceptors (Lipinski definition) is 6. The number of likely N-dealkylation sites (N-methyl/N-ethyl adjacent to an activating group) is 1. The van der Waals surface area contributed by atoms with Gasteiger partial charge in [-0.25, -0.2) is 0 Å². The summed E-state index contributed by atoms with van der Waals surface area (Å²) < 4.78 is 5.83. The molecule has 1 unspecified atom stereocenters. The van der Waals surface area contributed by atoms with Crippen molar-refractivity contribution >= 4 is 57.8 Å². The Labute approximate surface area is 284 Å². The lowest BCUT2D eigenvalue weighted by atomic mass is 9.98. The predicted molar refractivity (Wildman–Crippen MR) is 182 cm³/mol. The van der Waals surface area contributed by atoms with E-state index in [4.69, 9.17) is 27.9 Å². The van der Waals surface area contributed by atoms with Gasteiger partial charge in [0.25, 0.3) is 0 Å². The maximum atomic E-state index is 14.3. The molecule has 3 amide bonds. The highest BCUT2D eigenvalue weighted by atomic mass is 35.5. The first-order valence-electron chi connectivity index (χ1n) is 15.7. The Balaban J connectivity index is 1.77. The third kappa shape index (κ3) is 8.87. The summed E-state index contributed by atoms with van der Waals surface area (Å²) in [7, 11) is 1.50. The maximum absolute atomic E-state index is 14.3. The number of aromatic hydroxyl groups is 1. The van der Waals surface area contributed by atoms with Crippen LogP contribution in [0.1, 0.15) is 70.5 Å². The minimum atomic E-state index is -1.10. The summed E-state index contributed by atoms with van der Waals surface area (Å²) in [5.41, 5.74) is 2.82. The van der Waals surface area contributed by atoms with Crippen LogP contribution in [0.15, 0.2) is 54.1 Å². The molecular weight excluding hydrogens is 643 g/mol. The number of esters is 1. The van der Waals surface area contributed by atoms with Gasteiger partial charge in [-0.1, -0.05) is 73.0 Å². The molecule has 5 atom stereocenters. The fraction of sp³-hybridized carbons (Fsp3) is 0.429. The van der Waals surface area contributed by atoms with Crippen molar-refractivity contribution in [2.75, 3.05) is 7.05 Å². The molecule has 12 heteroatoms. The number of carbonyl (C=O) groups excluding carboxylic acids is 4. The first-order valence-corrected chi connectivity index (χ1v) is 16.5. The van der Waals surface area contributed by atoms with Gasteiger partial charge in [0.1, 0.15) is 29.1 Å². The number of amides is 3. The van der Waals surface area contributed by atoms with Crippen molar-refractivity contribution in [1.29, 1.82) is 0 Å². The van der Waals surface area contributed by atoms with Gasteiger partial charge in [-0.15, -0.1) is 0 Å². The molecule has 47 heavy (non-hydrogen) atoms. The first-order chi connectivity index (χ1) is 22.3. The molecule has 1 aromatic heterocycles. The lowest BCUT2D eigenvalue weighted by Gasteiger charge is -2.32. The van der Waals surface area contributed by atoms with Crippen LogP contribution in [0.2, 0.25) is 10.2 Å². The smallest absolute Gasteiger partial charge is 0.308 e. The summed E-state index contributed by atoms with van der Waals surface area (Å²) in [6, 6.07) is 8.91. The lowest BCUT2D eigenvalue weighted by molar-refractivity contribution is -0.150. The number of rotatable bonds is 4. The normalized spacial score (nSPS) is 25.3. The van der Waals surface area contributed by atoms with E-state index in [1.807, 2.05) is 44.2 Å². The van der Waals surface area contributed by atoms with E-state index in [1.54, 1.807) is 19.9 Å². The van der Waals surface area contributed by atoms with Gasteiger partial charge in [0, 0.05) is 36.7 Å². The van der Waals surface area contributed by atoms with Crippen molar-refractivity contribution < 1.29 is 29.0 Å². The van der Waals surface area contributed by atoms with Crippen LogP contribution in [0.4, 0.5) is 0 Å². The molecular formula is C35H42Cl2N4O6. The number of phenolic OH excluding ortho intramolecular Hbond substituents is 1. The van der Waals surface area contributed by atoms with Crippen molar-refractivity contribution in [3.8, 4) is 5.75 Å². The summed E-state index contributed by atoms with van der Waals surface area (Å²) in [6.07, 6.45) is 2.82. The molecule has 4 N–H and O–H groups in total. The van der Waals surface area contributed by atoms with Gasteiger partial charge in [-0.2, -0.15) is 0 Å². The molecule has 2 heterocycles. The number of cyclic esters (lactones) is 1.